The minimum atomic E-state index is -2.98. The van der Waals surface area contributed by atoms with Crippen molar-refractivity contribution in [1.82, 2.24) is 9.78 Å². The van der Waals surface area contributed by atoms with Crippen molar-refractivity contribution in [3.05, 3.63) is 17.5 Å². The number of hydrogen-bond donors (Lipinski definition) is 1. The molecule has 0 aliphatic carbocycles. The van der Waals surface area contributed by atoms with Gasteiger partial charge >= 0.3 is 0 Å². The van der Waals surface area contributed by atoms with Gasteiger partial charge in [-0.05, 0) is 6.92 Å². The van der Waals surface area contributed by atoms with Crippen LogP contribution in [0.25, 0.3) is 0 Å². The van der Waals surface area contributed by atoms with Crippen LogP contribution in [0, 0.1) is 6.92 Å². The average molecular weight is 190 g/mol. The Balaban J connectivity index is 2.98. The van der Waals surface area contributed by atoms with E-state index in [1.165, 1.54) is 17.8 Å². The molecule has 1 rings (SSSR count). The predicted octanol–water partition coefficient (Wildman–Crippen LogP) is 1.20. The molecule has 0 saturated carbocycles. The van der Waals surface area contributed by atoms with E-state index < -0.39 is 19.0 Å². The highest BCUT2D eigenvalue weighted by Crippen LogP contribution is 2.32. The third-order valence-electron chi connectivity index (χ3n) is 1.83. The zero-order valence-corrected chi connectivity index (χ0v) is 7.59. The lowest BCUT2D eigenvalue weighted by molar-refractivity contribution is -0.0275. The first-order chi connectivity index (χ1) is 5.97. The van der Waals surface area contributed by atoms with Crippen molar-refractivity contribution < 1.29 is 13.9 Å². The summed E-state index contributed by atoms with van der Waals surface area (Å²) in [6.07, 6.45) is 0.727. The number of aryl methyl sites for hydroxylation is 2. The molecule has 0 bridgehead atoms. The van der Waals surface area contributed by atoms with Crippen LogP contribution in [0.3, 0.4) is 0 Å². The minimum absolute atomic E-state index is 0.107. The van der Waals surface area contributed by atoms with Gasteiger partial charge in [-0.3, -0.25) is 4.68 Å². The summed E-state index contributed by atoms with van der Waals surface area (Å²) in [6.45, 7) is 1.00. The van der Waals surface area contributed by atoms with Crippen LogP contribution in [0.4, 0.5) is 8.78 Å². The smallest absolute Gasteiger partial charge is 0.278 e. The Bertz CT molecular complexity index is 296. The van der Waals surface area contributed by atoms with E-state index in [1.54, 1.807) is 7.05 Å². The quantitative estimate of drug-likeness (QED) is 0.777. The van der Waals surface area contributed by atoms with Crippen LogP contribution in [0.15, 0.2) is 6.20 Å². The highest BCUT2D eigenvalue weighted by Gasteiger charge is 2.34. The molecule has 13 heavy (non-hydrogen) atoms. The number of aliphatic hydroxyl groups excluding tert-OH is 1. The van der Waals surface area contributed by atoms with E-state index in [4.69, 9.17) is 5.11 Å². The van der Waals surface area contributed by atoms with Crippen LogP contribution >= 0.6 is 0 Å². The maximum Gasteiger partial charge on any atom is 0.278 e. The molecule has 0 aromatic carbocycles. The molecule has 0 atom stereocenters. The monoisotopic (exact) mass is 190 g/mol. The maximum atomic E-state index is 13.2. The molecular weight excluding hydrogens is 178 g/mol. The summed E-state index contributed by atoms with van der Waals surface area (Å²) in [5, 5.41) is 12.3. The van der Waals surface area contributed by atoms with Crippen molar-refractivity contribution in [3.8, 4) is 0 Å². The molecule has 0 unspecified atom stereocenters. The molecule has 0 fully saturated rings. The SMILES string of the molecule is Cc1nn(C)cc1C(F)(F)CCO. The number of hydrogen-bond acceptors (Lipinski definition) is 2. The van der Waals surface area contributed by atoms with Crippen LogP contribution in [0.1, 0.15) is 17.7 Å². The summed E-state index contributed by atoms with van der Waals surface area (Å²) in [5.74, 6) is -2.98. The number of alkyl halides is 2. The molecule has 0 amide bonds. The van der Waals surface area contributed by atoms with Crippen molar-refractivity contribution in [2.24, 2.45) is 7.05 Å². The third kappa shape index (κ3) is 2.03. The molecule has 3 nitrogen and oxygen atoms in total. The molecule has 1 heterocycles. The first-order valence-electron chi connectivity index (χ1n) is 3.97. The van der Waals surface area contributed by atoms with E-state index in [0.717, 1.165) is 0 Å². The summed E-state index contributed by atoms with van der Waals surface area (Å²) in [6, 6.07) is 0. The van der Waals surface area contributed by atoms with Crippen molar-refractivity contribution >= 4 is 0 Å². The Morgan fingerprint density at radius 3 is 2.62 bits per heavy atom. The van der Waals surface area contributed by atoms with Gasteiger partial charge in [-0.25, -0.2) is 8.78 Å². The summed E-state index contributed by atoms with van der Waals surface area (Å²) in [5.41, 5.74) is 0.199. The second-order valence-electron chi connectivity index (χ2n) is 2.98. The number of rotatable bonds is 3. The lowest BCUT2D eigenvalue weighted by Gasteiger charge is -2.13. The van der Waals surface area contributed by atoms with Gasteiger partial charge in [0.25, 0.3) is 5.92 Å². The lowest BCUT2D eigenvalue weighted by atomic mass is 10.1. The Kier molecular flexibility index (Phi) is 2.66. The van der Waals surface area contributed by atoms with Gasteiger partial charge in [0.1, 0.15) is 0 Å². The second-order valence-corrected chi connectivity index (χ2v) is 2.98. The first kappa shape index (κ1) is 10.1. The van der Waals surface area contributed by atoms with Crippen LogP contribution in [0.2, 0.25) is 0 Å². The number of aromatic nitrogens is 2. The zero-order valence-electron chi connectivity index (χ0n) is 7.59. The molecule has 1 aromatic rings. The van der Waals surface area contributed by atoms with Gasteiger partial charge in [0.2, 0.25) is 0 Å². The molecule has 1 aromatic heterocycles. The summed E-state index contributed by atoms with van der Waals surface area (Å²) in [4.78, 5) is 0. The van der Waals surface area contributed by atoms with E-state index in [9.17, 15) is 8.78 Å². The predicted molar refractivity (Wildman–Crippen MR) is 43.5 cm³/mol. The topological polar surface area (TPSA) is 38.0 Å². The van der Waals surface area contributed by atoms with Crippen LogP contribution < -0.4 is 0 Å². The Morgan fingerprint density at radius 1 is 1.62 bits per heavy atom. The third-order valence-corrected chi connectivity index (χ3v) is 1.83. The molecule has 0 saturated heterocycles. The maximum absolute atomic E-state index is 13.2. The van der Waals surface area contributed by atoms with Gasteiger partial charge < -0.3 is 5.11 Å². The van der Waals surface area contributed by atoms with E-state index in [0.29, 0.717) is 5.69 Å². The van der Waals surface area contributed by atoms with Crippen molar-refractivity contribution in [1.29, 1.82) is 0 Å². The van der Waals surface area contributed by atoms with E-state index >= 15 is 0 Å². The largest absolute Gasteiger partial charge is 0.396 e. The molecular formula is C8H12F2N2O. The number of nitrogens with zero attached hydrogens (tertiary/aromatic N) is 2. The molecule has 1 N–H and O–H groups in total. The molecule has 0 radical (unpaired) electrons. The molecule has 0 aliphatic heterocycles. The van der Waals surface area contributed by atoms with Gasteiger partial charge in [-0.1, -0.05) is 0 Å². The molecule has 0 aliphatic rings. The Labute approximate surface area is 75.0 Å². The average Bonchev–Trinajstić information content (AvgIpc) is 2.30. The van der Waals surface area contributed by atoms with Gasteiger partial charge in [0.15, 0.2) is 0 Å². The summed E-state index contributed by atoms with van der Waals surface area (Å²) < 4.78 is 27.8. The van der Waals surface area contributed by atoms with E-state index in [-0.39, 0.29) is 5.56 Å². The van der Waals surface area contributed by atoms with Gasteiger partial charge in [-0.2, -0.15) is 5.10 Å². The van der Waals surface area contributed by atoms with Crippen LogP contribution in [0.5, 0.6) is 0 Å². The Hall–Kier alpha value is -0.970. The van der Waals surface area contributed by atoms with Gasteiger partial charge in [0, 0.05) is 26.3 Å². The summed E-state index contributed by atoms with van der Waals surface area (Å²) in [7, 11) is 1.59. The van der Waals surface area contributed by atoms with Gasteiger partial charge in [-0.15, -0.1) is 0 Å². The molecule has 5 heteroatoms. The van der Waals surface area contributed by atoms with Crippen molar-refractivity contribution in [2.45, 2.75) is 19.3 Å². The normalized spacial score (nSPS) is 12.1. The number of aliphatic hydroxyl groups is 1. The number of halogens is 2. The fourth-order valence-electron chi connectivity index (χ4n) is 1.23. The molecule has 0 spiro atoms. The van der Waals surface area contributed by atoms with Gasteiger partial charge in [0.05, 0.1) is 11.3 Å². The summed E-state index contributed by atoms with van der Waals surface area (Å²) >= 11 is 0. The minimum Gasteiger partial charge on any atom is -0.396 e. The van der Waals surface area contributed by atoms with Crippen molar-refractivity contribution in [2.75, 3.05) is 6.61 Å². The lowest BCUT2D eigenvalue weighted by Crippen LogP contribution is -2.15. The fourth-order valence-corrected chi connectivity index (χ4v) is 1.23. The highest BCUT2D eigenvalue weighted by atomic mass is 19.3. The van der Waals surface area contributed by atoms with Crippen LogP contribution in [-0.4, -0.2) is 21.5 Å². The molecule has 74 valence electrons. The standard InChI is InChI=1S/C8H12F2N2O/c1-6-7(5-12(2)11-6)8(9,10)3-4-13/h5,13H,3-4H2,1-2H3. The van der Waals surface area contributed by atoms with E-state index in [2.05, 4.69) is 5.10 Å². The van der Waals surface area contributed by atoms with E-state index in [1.807, 2.05) is 0 Å². The first-order valence-corrected chi connectivity index (χ1v) is 3.97. The fraction of sp³-hybridized carbons (Fsp3) is 0.625. The second kappa shape index (κ2) is 3.41. The highest BCUT2D eigenvalue weighted by molar-refractivity contribution is 5.21. The van der Waals surface area contributed by atoms with Crippen LogP contribution in [-0.2, 0) is 13.0 Å². The Morgan fingerprint density at radius 2 is 2.23 bits per heavy atom. The van der Waals surface area contributed by atoms with Crippen molar-refractivity contribution in [3.63, 3.8) is 0 Å². The zero-order chi connectivity index (χ0) is 10.1.